The predicted molar refractivity (Wildman–Crippen MR) is 90.1 cm³/mol. The number of benzene rings is 1. The molecule has 0 bridgehead atoms. The Hall–Kier alpha value is -1.02. The van der Waals surface area contributed by atoms with E-state index in [0.29, 0.717) is 0 Å². The lowest BCUT2D eigenvalue weighted by Crippen LogP contribution is -2.47. The van der Waals surface area contributed by atoms with Gasteiger partial charge in [-0.05, 0) is 70.1 Å². The fraction of sp³-hybridized carbons (Fsp3) is 0.684. The Bertz CT molecular complexity index is 453. The van der Waals surface area contributed by atoms with E-state index in [2.05, 4.69) is 51.2 Å². The van der Waals surface area contributed by atoms with Crippen LogP contribution in [0.25, 0.3) is 0 Å². The second-order valence-corrected chi connectivity index (χ2v) is 7.80. The van der Waals surface area contributed by atoms with Crippen LogP contribution in [0.1, 0.15) is 58.9 Å². The highest BCUT2D eigenvalue weighted by molar-refractivity contribution is 5.35. The molecule has 0 spiro atoms. The lowest BCUT2D eigenvalue weighted by Gasteiger charge is -2.42. The molecule has 2 heteroatoms. The van der Waals surface area contributed by atoms with E-state index in [1.54, 1.807) is 7.11 Å². The van der Waals surface area contributed by atoms with E-state index in [1.165, 1.54) is 31.2 Å². The van der Waals surface area contributed by atoms with Gasteiger partial charge in [0.25, 0.3) is 0 Å². The Morgan fingerprint density at radius 2 is 1.90 bits per heavy atom. The average Bonchev–Trinajstić information content (AvgIpc) is 2.46. The Morgan fingerprint density at radius 3 is 2.48 bits per heavy atom. The number of methoxy groups -OCH3 is 1. The van der Waals surface area contributed by atoms with Gasteiger partial charge in [-0.2, -0.15) is 0 Å². The van der Waals surface area contributed by atoms with E-state index < -0.39 is 0 Å². The van der Waals surface area contributed by atoms with Crippen molar-refractivity contribution in [2.45, 2.75) is 64.3 Å². The number of hydrogen-bond donors (Lipinski definition) is 1. The normalized spacial score (nSPS) is 26.6. The first kappa shape index (κ1) is 16.4. The molecule has 1 saturated carbocycles. The van der Waals surface area contributed by atoms with E-state index in [-0.39, 0.29) is 11.0 Å². The van der Waals surface area contributed by atoms with Gasteiger partial charge in [0.15, 0.2) is 0 Å². The summed E-state index contributed by atoms with van der Waals surface area (Å²) in [7, 11) is 1.75. The fourth-order valence-corrected chi connectivity index (χ4v) is 3.27. The summed E-state index contributed by atoms with van der Waals surface area (Å²) in [5.74, 6) is 1.83. The van der Waals surface area contributed by atoms with Crippen molar-refractivity contribution in [2.24, 2.45) is 5.92 Å². The van der Waals surface area contributed by atoms with Gasteiger partial charge in [-0.25, -0.2) is 0 Å². The third-order valence-corrected chi connectivity index (χ3v) is 4.87. The Morgan fingerprint density at radius 1 is 1.24 bits per heavy atom. The van der Waals surface area contributed by atoms with Crippen molar-refractivity contribution in [1.29, 1.82) is 0 Å². The summed E-state index contributed by atoms with van der Waals surface area (Å²) in [6, 6.07) is 8.69. The van der Waals surface area contributed by atoms with Crippen LogP contribution in [0.2, 0.25) is 0 Å². The molecule has 0 aliphatic heterocycles. The van der Waals surface area contributed by atoms with Crippen molar-refractivity contribution < 1.29 is 4.74 Å². The first-order valence-corrected chi connectivity index (χ1v) is 8.24. The molecular formula is C19H31NO. The van der Waals surface area contributed by atoms with Crippen LogP contribution in [0.4, 0.5) is 0 Å². The molecule has 118 valence electrons. The predicted octanol–water partition coefficient (Wildman–Crippen LogP) is 4.53. The summed E-state index contributed by atoms with van der Waals surface area (Å²) in [5, 5.41) is 3.74. The average molecular weight is 289 g/mol. The summed E-state index contributed by atoms with van der Waals surface area (Å²) >= 11 is 0. The van der Waals surface area contributed by atoms with Crippen LogP contribution >= 0.6 is 0 Å². The topological polar surface area (TPSA) is 21.3 Å². The van der Waals surface area contributed by atoms with Crippen LogP contribution in [0.15, 0.2) is 24.3 Å². The molecule has 2 nitrogen and oxygen atoms in total. The third kappa shape index (κ3) is 4.23. The van der Waals surface area contributed by atoms with Gasteiger partial charge in [-0.1, -0.05) is 19.1 Å². The minimum absolute atomic E-state index is 0.162. The van der Waals surface area contributed by atoms with Crippen molar-refractivity contribution in [3.05, 3.63) is 29.8 Å². The maximum atomic E-state index is 5.44. The van der Waals surface area contributed by atoms with Gasteiger partial charge in [-0.3, -0.25) is 0 Å². The number of nitrogens with one attached hydrogen (secondary N) is 1. The zero-order valence-electron chi connectivity index (χ0n) is 14.3. The SMILES string of the molecule is COc1cccc(C2(CNC(C)(C)C)CCC(C)CC2)c1. The third-order valence-electron chi connectivity index (χ3n) is 4.87. The standard InChI is InChI=1S/C19H31NO/c1-15-9-11-19(12-10-15,14-20-18(2,3)4)16-7-6-8-17(13-16)21-5/h6-8,13,15,20H,9-12,14H2,1-5H3. The zero-order valence-corrected chi connectivity index (χ0v) is 14.3. The lowest BCUT2D eigenvalue weighted by atomic mass is 9.66. The Labute approximate surface area is 130 Å². The summed E-state index contributed by atoms with van der Waals surface area (Å²) < 4.78 is 5.44. The smallest absolute Gasteiger partial charge is 0.119 e. The number of hydrogen-bond acceptors (Lipinski definition) is 2. The van der Waals surface area contributed by atoms with Crippen LogP contribution < -0.4 is 10.1 Å². The summed E-state index contributed by atoms with van der Waals surface area (Å²) in [6.07, 6.45) is 5.18. The lowest BCUT2D eigenvalue weighted by molar-refractivity contribution is 0.217. The minimum Gasteiger partial charge on any atom is -0.497 e. The molecule has 1 fully saturated rings. The highest BCUT2D eigenvalue weighted by atomic mass is 16.5. The first-order chi connectivity index (χ1) is 9.85. The van der Waals surface area contributed by atoms with Gasteiger partial charge in [0.2, 0.25) is 0 Å². The van der Waals surface area contributed by atoms with Gasteiger partial charge in [0, 0.05) is 17.5 Å². The number of ether oxygens (including phenoxy) is 1. The maximum absolute atomic E-state index is 5.44. The van der Waals surface area contributed by atoms with E-state index >= 15 is 0 Å². The van der Waals surface area contributed by atoms with Crippen molar-refractivity contribution >= 4 is 0 Å². The molecule has 1 aliphatic rings. The van der Waals surface area contributed by atoms with Crippen LogP contribution in [0.5, 0.6) is 5.75 Å². The Kier molecular flexibility index (Phi) is 4.98. The van der Waals surface area contributed by atoms with E-state index in [4.69, 9.17) is 4.74 Å². The van der Waals surface area contributed by atoms with Gasteiger partial charge in [0.05, 0.1) is 7.11 Å². The highest BCUT2D eigenvalue weighted by Gasteiger charge is 2.36. The van der Waals surface area contributed by atoms with Crippen LogP contribution in [-0.4, -0.2) is 19.2 Å². The maximum Gasteiger partial charge on any atom is 0.119 e. The monoisotopic (exact) mass is 289 g/mol. The van der Waals surface area contributed by atoms with Gasteiger partial charge < -0.3 is 10.1 Å². The van der Waals surface area contributed by atoms with E-state index in [9.17, 15) is 0 Å². The van der Waals surface area contributed by atoms with Gasteiger partial charge >= 0.3 is 0 Å². The molecule has 0 saturated heterocycles. The van der Waals surface area contributed by atoms with Crippen LogP contribution in [-0.2, 0) is 5.41 Å². The highest BCUT2D eigenvalue weighted by Crippen LogP contribution is 2.42. The van der Waals surface area contributed by atoms with Gasteiger partial charge in [-0.15, -0.1) is 0 Å². The second-order valence-electron chi connectivity index (χ2n) is 7.80. The van der Waals surface area contributed by atoms with E-state index in [0.717, 1.165) is 18.2 Å². The zero-order chi connectivity index (χ0) is 15.5. The Balaban J connectivity index is 2.26. The second kappa shape index (κ2) is 6.39. The molecule has 0 atom stereocenters. The van der Waals surface area contributed by atoms with E-state index in [1.807, 2.05) is 6.07 Å². The quantitative estimate of drug-likeness (QED) is 0.879. The molecule has 1 aromatic rings. The summed E-state index contributed by atoms with van der Waals surface area (Å²) in [4.78, 5) is 0. The molecule has 0 radical (unpaired) electrons. The molecule has 2 rings (SSSR count). The van der Waals surface area contributed by atoms with Crippen LogP contribution in [0.3, 0.4) is 0 Å². The molecule has 1 N–H and O–H groups in total. The largest absolute Gasteiger partial charge is 0.497 e. The number of rotatable bonds is 4. The first-order valence-electron chi connectivity index (χ1n) is 8.24. The molecule has 0 unspecified atom stereocenters. The molecule has 0 amide bonds. The molecule has 1 aliphatic carbocycles. The molecule has 1 aromatic carbocycles. The molecule has 0 heterocycles. The molecule has 0 aromatic heterocycles. The van der Waals surface area contributed by atoms with Crippen molar-refractivity contribution in [2.75, 3.05) is 13.7 Å². The van der Waals surface area contributed by atoms with Crippen LogP contribution in [0, 0.1) is 5.92 Å². The summed E-state index contributed by atoms with van der Waals surface area (Å²) in [5.41, 5.74) is 1.86. The van der Waals surface area contributed by atoms with Gasteiger partial charge in [0.1, 0.15) is 5.75 Å². The molecular weight excluding hydrogens is 258 g/mol. The molecule has 21 heavy (non-hydrogen) atoms. The van der Waals surface area contributed by atoms with Crippen molar-refractivity contribution in [3.63, 3.8) is 0 Å². The minimum atomic E-state index is 0.162. The van der Waals surface area contributed by atoms with Crippen molar-refractivity contribution in [1.82, 2.24) is 5.32 Å². The fourth-order valence-electron chi connectivity index (χ4n) is 3.27. The summed E-state index contributed by atoms with van der Waals surface area (Å²) in [6.45, 7) is 10.2. The van der Waals surface area contributed by atoms with Crippen molar-refractivity contribution in [3.8, 4) is 5.75 Å².